The highest BCUT2D eigenvalue weighted by atomic mass is 16.5. The van der Waals surface area contributed by atoms with E-state index in [1.54, 1.807) is 7.11 Å². The Labute approximate surface area is 97.5 Å². The molecule has 1 saturated heterocycles. The molecule has 1 heterocycles. The second kappa shape index (κ2) is 4.11. The van der Waals surface area contributed by atoms with Crippen molar-refractivity contribution in [2.45, 2.75) is 57.2 Å². The van der Waals surface area contributed by atoms with Gasteiger partial charge in [-0.25, -0.2) is 0 Å². The largest absolute Gasteiger partial charge is 0.375 e. The van der Waals surface area contributed by atoms with Crippen molar-refractivity contribution in [2.75, 3.05) is 13.7 Å². The number of carbonyl (C=O) groups excluding carboxylic acids is 1. The zero-order valence-corrected chi connectivity index (χ0v) is 10.5. The van der Waals surface area contributed by atoms with Crippen LogP contribution < -0.4 is 0 Å². The molecule has 1 aliphatic heterocycles. The molecule has 1 spiro atoms. The molecule has 0 aromatic carbocycles. The fraction of sp³-hybridized carbons (Fsp3) is 0.923. The topological polar surface area (TPSA) is 35.5 Å². The predicted octanol–water partition coefficient (Wildman–Crippen LogP) is 2.33. The molecule has 92 valence electrons. The molecule has 0 N–H and O–H groups in total. The van der Waals surface area contributed by atoms with Crippen LogP contribution in [-0.2, 0) is 14.3 Å². The van der Waals surface area contributed by atoms with Crippen molar-refractivity contribution in [3.63, 3.8) is 0 Å². The van der Waals surface area contributed by atoms with Crippen LogP contribution in [0, 0.1) is 5.92 Å². The normalized spacial score (nSPS) is 28.8. The lowest BCUT2D eigenvalue weighted by Gasteiger charge is -2.47. The van der Waals surface area contributed by atoms with Gasteiger partial charge in [-0.2, -0.15) is 0 Å². The highest BCUT2D eigenvalue weighted by molar-refractivity contribution is 5.88. The minimum Gasteiger partial charge on any atom is -0.375 e. The van der Waals surface area contributed by atoms with E-state index in [1.807, 2.05) is 13.8 Å². The number of rotatable bonds is 3. The lowest BCUT2D eigenvalue weighted by atomic mass is 9.70. The van der Waals surface area contributed by atoms with E-state index in [1.165, 1.54) is 6.42 Å². The highest BCUT2D eigenvalue weighted by Crippen LogP contribution is 2.45. The number of ketones is 1. The second-order valence-electron chi connectivity index (χ2n) is 5.65. The van der Waals surface area contributed by atoms with Crippen LogP contribution in [0.5, 0.6) is 0 Å². The van der Waals surface area contributed by atoms with E-state index in [-0.39, 0.29) is 17.3 Å². The molecule has 0 radical (unpaired) electrons. The molecule has 3 heteroatoms. The quantitative estimate of drug-likeness (QED) is 0.741. The number of hydrogen-bond donors (Lipinski definition) is 0. The van der Waals surface area contributed by atoms with Crippen molar-refractivity contribution in [1.29, 1.82) is 0 Å². The summed E-state index contributed by atoms with van der Waals surface area (Å²) >= 11 is 0. The van der Waals surface area contributed by atoms with Gasteiger partial charge in [0.25, 0.3) is 0 Å². The van der Waals surface area contributed by atoms with Crippen molar-refractivity contribution < 1.29 is 14.3 Å². The maximum Gasteiger partial charge on any atom is 0.167 e. The van der Waals surface area contributed by atoms with Gasteiger partial charge in [-0.05, 0) is 46.0 Å². The minimum absolute atomic E-state index is 0.0440. The average Bonchev–Trinajstić information content (AvgIpc) is 2.26. The Balaban J connectivity index is 2.02. The zero-order chi connectivity index (χ0) is 11.8. The van der Waals surface area contributed by atoms with Gasteiger partial charge in [0.05, 0.1) is 5.60 Å². The lowest BCUT2D eigenvalue weighted by molar-refractivity contribution is -0.166. The van der Waals surface area contributed by atoms with Gasteiger partial charge >= 0.3 is 0 Å². The molecule has 1 aliphatic carbocycles. The first-order valence-corrected chi connectivity index (χ1v) is 6.23. The molecule has 2 rings (SSSR count). The van der Waals surface area contributed by atoms with Gasteiger partial charge in [0.2, 0.25) is 0 Å². The molecule has 3 nitrogen and oxygen atoms in total. The first-order valence-electron chi connectivity index (χ1n) is 6.23. The SMILES string of the molecule is COC(C)(C)C(=O)C1CCOC2(CCC2)C1. The standard InChI is InChI=1S/C13H22O3/c1-12(2,15-3)11(14)10-5-8-16-13(9-10)6-4-7-13/h10H,4-9H2,1-3H3. The van der Waals surface area contributed by atoms with Gasteiger partial charge in [0, 0.05) is 19.6 Å². The van der Waals surface area contributed by atoms with Crippen LogP contribution in [-0.4, -0.2) is 30.7 Å². The molecule has 1 saturated carbocycles. The first-order chi connectivity index (χ1) is 7.49. The summed E-state index contributed by atoms with van der Waals surface area (Å²) in [5.74, 6) is 0.369. The van der Waals surface area contributed by atoms with E-state index < -0.39 is 5.60 Å². The molecular formula is C13H22O3. The summed E-state index contributed by atoms with van der Waals surface area (Å²) in [5, 5.41) is 0. The third-order valence-electron chi connectivity index (χ3n) is 4.23. The van der Waals surface area contributed by atoms with Gasteiger partial charge in [-0.1, -0.05) is 0 Å². The third kappa shape index (κ3) is 2.03. The van der Waals surface area contributed by atoms with E-state index in [0.29, 0.717) is 0 Å². The monoisotopic (exact) mass is 226 g/mol. The summed E-state index contributed by atoms with van der Waals surface area (Å²) in [6.07, 6.45) is 5.26. The Morgan fingerprint density at radius 2 is 2.12 bits per heavy atom. The van der Waals surface area contributed by atoms with Crippen LogP contribution in [0.25, 0.3) is 0 Å². The van der Waals surface area contributed by atoms with Crippen LogP contribution >= 0.6 is 0 Å². The molecule has 2 fully saturated rings. The fourth-order valence-corrected chi connectivity index (χ4v) is 2.76. The smallest absolute Gasteiger partial charge is 0.167 e. The summed E-state index contributed by atoms with van der Waals surface area (Å²) in [7, 11) is 1.61. The van der Waals surface area contributed by atoms with Crippen molar-refractivity contribution in [3.05, 3.63) is 0 Å². The van der Waals surface area contributed by atoms with Crippen molar-refractivity contribution in [3.8, 4) is 0 Å². The molecule has 0 aromatic rings. The number of hydrogen-bond acceptors (Lipinski definition) is 3. The van der Waals surface area contributed by atoms with Crippen molar-refractivity contribution in [1.82, 2.24) is 0 Å². The number of methoxy groups -OCH3 is 1. The average molecular weight is 226 g/mol. The minimum atomic E-state index is -0.646. The molecular weight excluding hydrogens is 204 g/mol. The second-order valence-corrected chi connectivity index (χ2v) is 5.65. The summed E-state index contributed by atoms with van der Waals surface area (Å²) < 4.78 is 11.1. The molecule has 2 aliphatic rings. The fourth-order valence-electron chi connectivity index (χ4n) is 2.76. The Hall–Kier alpha value is -0.410. The highest BCUT2D eigenvalue weighted by Gasteiger charge is 2.46. The number of Topliss-reactive ketones (excluding diaryl/α,β-unsaturated/α-hetero) is 1. The van der Waals surface area contributed by atoms with Crippen LogP contribution in [0.3, 0.4) is 0 Å². The van der Waals surface area contributed by atoms with Gasteiger partial charge in [0.15, 0.2) is 5.78 Å². The Morgan fingerprint density at radius 1 is 1.44 bits per heavy atom. The molecule has 1 unspecified atom stereocenters. The summed E-state index contributed by atoms with van der Waals surface area (Å²) in [6, 6.07) is 0. The van der Waals surface area contributed by atoms with Gasteiger partial charge in [-0.3, -0.25) is 4.79 Å². The Kier molecular flexibility index (Phi) is 3.10. The van der Waals surface area contributed by atoms with Gasteiger partial charge in [0.1, 0.15) is 5.60 Å². The van der Waals surface area contributed by atoms with Gasteiger partial charge in [-0.15, -0.1) is 0 Å². The van der Waals surface area contributed by atoms with Crippen molar-refractivity contribution in [2.24, 2.45) is 5.92 Å². The van der Waals surface area contributed by atoms with E-state index in [4.69, 9.17) is 9.47 Å². The summed E-state index contributed by atoms with van der Waals surface area (Å²) in [5.41, 5.74) is -0.602. The Morgan fingerprint density at radius 3 is 2.62 bits per heavy atom. The summed E-state index contributed by atoms with van der Waals surface area (Å²) in [6.45, 7) is 4.45. The van der Waals surface area contributed by atoms with E-state index in [2.05, 4.69) is 0 Å². The van der Waals surface area contributed by atoms with Crippen LogP contribution in [0.2, 0.25) is 0 Å². The zero-order valence-electron chi connectivity index (χ0n) is 10.5. The van der Waals surface area contributed by atoms with Crippen LogP contribution in [0.15, 0.2) is 0 Å². The summed E-state index contributed by atoms with van der Waals surface area (Å²) in [4.78, 5) is 12.3. The lowest BCUT2D eigenvalue weighted by Crippen LogP contribution is -2.50. The number of ether oxygens (including phenoxy) is 2. The maximum atomic E-state index is 12.3. The first kappa shape index (κ1) is 12.1. The molecule has 0 aromatic heterocycles. The third-order valence-corrected chi connectivity index (χ3v) is 4.23. The number of carbonyl (C=O) groups is 1. The van der Waals surface area contributed by atoms with E-state index in [9.17, 15) is 4.79 Å². The predicted molar refractivity (Wildman–Crippen MR) is 61.4 cm³/mol. The molecule has 16 heavy (non-hydrogen) atoms. The maximum absolute atomic E-state index is 12.3. The van der Waals surface area contributed by atoms with Gasteiger partial charge < -0.3 is 9.47 Å². The van der Waals surface area contributed by atoms with Crippen LogP contribution in [0.4, 0.5) is 0 Å². The van der Waals surface area contributed by atoms with E-state index in [0.717, 1.165) is 32.3 Å². The molecule has 0 bridgehead atoms. The molecule has 1 atom stereocenters. The van der Waals surface area contributed by atoms with Crippen LogP contribution in [0.1, 0.15) is 46.0 Å². The van der Waals surface area contributed by atoms with E-state index >= 15 is 0 Å². The molecule has 0 amide bonds. The van der Waals surface area contributed by atoms with Crippen molar-refractivity contribution >= 4 is 5.78 Å². The Bertz CT molecular complexity index is 279.